The molecule has 0 spiro atoms. The third-order valence-corrected chi connectivity index (χ3v) is 2.46. The molecule has 0 aliphatic rings. The summed E-state index contributed by atoms with van der Waals surface area (Å²) in [5.74, 6) is 0.550. The van der Waals surface area contributed by atoms with Gasteiger partial charge in [0.1, 0.15) is 11.6 Å². The van der Waals surface area contributed by atoms with Crippen molar-refractivity contribution in [2.75, 3.05) is 11.1 Å². The van der Waals surface area contributed by atoms with Crippen LogP contribution in [-0.4, -0.2) is 20.9 Å². The van der Waals surface area contributed by atoms with Gasteiger partial charge < -0.3 is 21.8 Å². The standard InChI is InChI=1S/C11H14N6O/c1-6(10-14-2-3-15-10)17-11-8(9(13)18)4-7(12)5-16-11/h2-6H,12H2,1H3,(H2,13,18)(H,14,15)(H,16,17). The maximum atomic E-state index is 11.3. The first kappa shape index (κ1) is 11.9. The lowest BCUT2D eigenvalue weighted by molar-refractivity contribution is 0.100. The zero-order chi connectivity index (χ0) is 13.1. The van der Waals surface area contributed by atoms with Crippen LogP contribution in [0.5, 0.6) is 0 Å². The highest BCUT2D eigenvalue weighted by molar-refractivity contribution is 5.98. The number of H-pyrrole nitrogens is 1. The second-order valence-electron chi connectivity index (χ2n) is 3.87. The van der Waals surface area contributed by atoms with Gasteiger partial charge in [-0.15, -0.1) is 0 Å². The van der Waals surface area contributed by atoms with E-state index in [9.17, 15) is 4.79 Å². The van der Waals surface area contributed by atoms with Crippen LogP contribution in [0.2, 0.25) is 0 Å². The predicted octanol–water partition coefficient (Wildman–Crippen LogP) is 0.659. The van der Waals surface area contributed by atoms with E-state index in [1.165, 1.54) is 12.3 Å². The average molecular weight is 246 g/mol. The maximum Gasteiger partial charge on any atom is 0.252 e. The van der Waals surface area contributed by atoms with Crippen molar-refractivity contribution in [3.8, 4) is 0 Å². The van der Waals surface area contributed by atoms with Crippen LogP contribution in [0, 0.1) is 0 Å². The molecule has 0 radical (unpaired) electrons. The fraction of sp³-hybridized carbons (Fsp3) is 0.182. The second kappa shape index (κ2) is 4.74. The lowest BCUT2D eigenvalue weighted by Crippen LogP contribution is -2.18. The van der Waals surface area contributed by atoms with Crippen molar-refractivity contribution >= 4 is 17.4 Å². The van der Waals surface area contributed by atoms with Crippen LogP contribution in [0.3, 0.4) is 0 Å². The number of aromatic nitrogens is 3. The fourth-order valence-corrected chi connectivity index (χ4v) is 1.57. The minimum atomic E-state index is -0.580. The van der Waals surface area contributed by atoms with Gasteiger partial charge in [-0.25, -0.2) is 9.97 Å². The molecule has 0 saturated carbocycles. The number of nitrogens with zero attached hydrogens (tertiary/aromatic N) is 2. The molecule has 0 aliphatic heterocycles. The Balaban J connectivity index is 2.26. The molecule has 0 fully saturated rings. The summed E-state index contributed by atoms with van der Waals surface area (Å²) in [6.45, 7) is 1.89. The zero-order valence-electron chi connectivity index (χ0n) is 9.84. The molecule has 6 N–H and O–H groups in total. The molecular formula is C11H14N6O. The topological polar surface area (TPSA) is 123 Å². The number of hydrogen-bond acceptors (Lipinski definition) is 5. The van der Waals surface area contributed by atoms with Gasteiger partial charge in [0.05, 0.1) is 23.5 Å². The van der Waals surface area contributed by atoms with Gasteiger partial charge in [-0.2, -0.15) is 0 Å². The molecule has 0 aromatic carbocycles. The first-order chi connectivity index (χ1) is 8.58. The first-order valence-electron chi connectivity index (χ1n) is 5.39. The van der Waals surface area contributed by atoms with Crippen LogP contribution >= 0.6 is 0 Å². The number of pyridine rings is 1. The highest BCUT2D eigenvalue weighted by Gasteiger charge is 2.14. The molecule has 7 heteroatoms. The van der Waals surface area contributed by atoms with Crippen molar-refractivity contribution in [3.05, 3.63) is 36.0 Å². The molecule has 18 heavy (non-hydrogen) atoms. The summed E-state index contributed by atoms with van der Waals surface area (Å²) in [5, 5.41) is 3.06. The average Bonchev–Trinajstić information content (AvgIpc) is 2.84. The number of aromatic amines is 1. The number of carbonyl (C=O) groups is 1. The summed E-state index contributed by atoms with van der Waals surface area (Å²) in [5.41, 5.74) is 11.5. The van der Waals surface area contributed by atoms with Gasteiger partial charge in [-0.05, 0) is 13.0 Å². The first-order valence-corrected chi connectivity index (χ1v) is 5.39. The summed E-state index contributed by atoms with van der Waals surface area (Å²) < 4.78 is 0. The van der Waals surface area contributed by atoms with Gasteiger partial charge in [-0.1, -0.05) is 0 Å². The Labute approximate surface area is 104 Å². The van der Waals surface area contributed by atoms with Crippen molar-refractivity contribution < 1.29 is 4.79 Å². The predicted molar refractivity (Wildman–Crippen MR) is 67.8 cm³/mol. The molecule has 2 aromatic heterocycles. The molecule has 2 rings (SSSR count). The van der Waals surface area contributed by atoms with E-state index >= 15 is 0 Å². The summed E-state index contributed by atoms with van der Waals surface area (Å²) in [7, 11) is 0. The number of amides is 1. The second-order valence-corrected chi connectivity index (χ2v) is 3.87. The molecule has 94 valence electrons. The summed E-state index contributed by atoms with van der Waals surface area (Å²) in [6.07, 6.45) is 4.83. The van der Waals surface area contributed by atoms with Gasteiger partial charge >= 0.3 is 0 Å². The van der Waals surface area contributed by atoms with E-state index in [4.69, 9.17) is 11.5 Å². The third kappa shape index (κ3) is 2.40. The van der Waals surface area contributed by atoms with Crippen LogP contribution in [0.25, 0.3) is 0 Å². The minimum Gasteiger partial charge on any atom is -0.397 e. The third-order valence-electron chi connectivity index (χ3n) is 2.46. The number of hydrogen-bond donors (Lipinski definition) is 4. The molecule has 0 saturated heterocycles. The Morgan fingerprint density at radius 1 is 1.50 bits per heavy atom. The van der Waals surface area contributed by atoms with Crippen LogP contribution < -0.4 is 16.8 Å². The molecule has 0 aliphatic carbocycles. The van der Waals surface area contributed by atoms with Gasteiger partial charge in [0.15, 0.2) is 0 Å². The number of imidazole rings is 1. The largest absolute Gasteiger partial charge is 0.397 e. The lowest BCUT2D eigenvalue weighted by atomic mass is 10.2. The maximum absolute atomic E-state index is 11.3. The number of primary amides is 1. The molecule has 1 atom stereocenters. The van der Waals surface area contributed by atoms with E-state index in [0.717, 1.165) is 5.82 Å². The summed E-state index contributed by atoms with van der Waals surface area (Å²) in [4.78, 5) is 22.5. The number of nitrogen functional groups attached to an aromatic ring is 1. The van der Waals surface area contributed by atoms with E-state index < -0.39 is 5.91 Å². The SMILES string of the molecule is CC(Nc1ncc(N)cc1C(N)=O)c1ncc[nH]1. The zero-order valence-corrected chi connectivity index (χ0v) is 9.84. The summed E-state index contributed by atoms with van der Waals surface area (Å²) >= 11 is 0. The number of rotatable bonds is 4. The molecule has 2 aromatic rings. The van der Waals surface area contributed by atoms with E-state index in [1.807, 2.05) is 6.92 Å². The van der Waals surface area contributed by atoms with Gasteiger partial charge in [0.25, 0.3) is 5.91 Å². The van der Waals surface area contributed by atoms with Crippen molar-refractivity contribution in [2.45, 2.75) is 13.0 Å². The molecular weight excluding hydrogens is 232 g/mol. The highest BCUT2D eigenvalue weighted by Crippen LogP contribution is 2.19. The van der Waals surface area contributed by atoms with Crippen LogP contribution in [0.1, 0.15) is 29.1 Å². The molecule has 1 unspecified atom stereocenters. The Kier molecular flexibility index (Phi) is 3.13. The van der Waals surface area contributed by atoms with Crippen molar-refractivity contribution in [1.29, 1.82) is 0 Å². The number of carbonyl (C=O) groups excluding carboxylic acids is 1. The Morgan fingerprint density at radius 3 is 2.89 bits per heavy atom. The van der Waals surface area contributed by atoms with Crippen LogP contribution in [0.4, 0.5) is 11.5 Å². The van der Waals surface area contributed by atoms with Crippen LogP contribution in [0.15, 0.2) is 24.7 Å². The lowest BCUT2D eigenvalue weighted by Gasteiger charge is -2.14. The van der Waals surface area contributed by atoms with E-state index in [0.29, 0.717) is 11.5 Å². The van der Waals surface area contributed by atoms with Crippen molar-refractivity contribution in [3.63, 3.8) is 0 Å². The quantitative estimate of drug-likeness (QED) is 0.631. The number of nitrogens with two attached hydrogens (primary N) is 2. The Morgan fingerprint density at radius 2 is 2.28 bits per heavy atom. The smallest absolute Gasteiger partial charge is 0.252 e. The molecule has 1 amide bonds. The molecule has 2 heterocycles. The Hall–Kier alpha value is -2.57. The van der Waals surface area contributed by atoms with Crippen LogP contribution in [-0.2, 0) is 0 Å². The Bertz CT molecular complexity index is 551. The van der Waals surface area contributed by atoms with Crippen molar-refractivity contribution in [1.82, 2.24) is 15.0 Å². The number of anilines is 2. The number of nitrogens with one attached hydrogen (secondary N) is 2. The van der Waals surface area contributed by atoms with E-state index in [-0.39, 0.29) is 11.6 Å². The highest BCUT2D eigenvalue weighted by atomic mass is 16.1. The van der Waals surface area contributed by atoms with Gasteiger partial charge in [0, 0.05) is 12.4 Å². The van der Waals surface area contributed by atoms with Gasteiger partial charge in [0.2, 0.25) is 0 Å². The van der Waals surface area contributed by atoms with E-state index in [1.54, 1.807) is 12.4 Å². The monoisotopic (exact) mass is 246 g/mol. The molecule has 7 nitrogen and oxygen atoms in total. The molecule has 0 bridgehead atoms. The minimum absolute atomic E-state index is 0.130. The summed E-state index contributed by atoms with van der Waals surface area (Å²) in [6, 6.07) is 1.36. The fourth-order valence-electron chi connectivity index (χ4n) is 1.57. The van der Waals surface area contributed by atoms with E-state index in [2.05, 4.69) is 20.3 Å². The normalized spacial score (nSPS) is 12.1. The van der Waals surface area contributed by atoms with Gasteiger partial charge in [-0.3, -0.25) is 4.79 Å². The van der Waals surface area contributed by atoms with Crippen molar-refractivity contribution in [2.24, 2.45) is 5.73 Å².